The van der Waals surface area contributed by atoms with Crippen molar-refractivity contribution in [2.75, 3.05) is 4.31 Å². The van der Waals surface area contributed by atoms with Gasteiger partial charge in [-0.05, 0) is 30.5 Å². The van der Waals surface area contributed by atoms with Crippen LogP contribution in [0.2, 0.25) is 0 Å². The van der Waals surface area contributed by atoms with Gasteiger partial charge in [0.1, 0.15) is 0 Å². The highest BCUT2D eigenvalue weighted by atomic mass is 32.2. The van der Waals surface area contributed by atoms with Crippen molar-refractivity contribution in [1.82, 2.24) is 0 Å². The van der Waals surface area contributed by atoms with Gasteiger partial charge in [0.15, 0.2) is 0 Å². The maximum atomic E-state index is 12.8. The summed E-state index contributed by atoms with van der Waals surface area (Å²) in [6.45, 7) is 1.87. The van der Waals surface area contributed by atoms with E-state index in [-0.39, 0.29) is 17.5 Å². The maximum absolute atomic E-state index is 12.8. The molecule has 1 atom stereocenters. The highest BCUT2D eigenvalue weighted by Crippen LogP contribution is 2.35. The number of hydrogen-bond donors (Lipinski definition) is 0. The Kier molecular flexibility index (Phi) is 3.81. The van der Waals surface area contributed by atoms with E-state index in [2.05, 4.69) is 0 Å². The molecule has 120 valence electrons. The van der Waals surface area contributed by atoms with Gasteiger partial charge in [0.2, 0.25) is 10.0 Å². The SMILES string of the molecule is C[C@@H]1Cc2ccccc2N1S(=O)(=O)Cc1cccc([N+](=O)[O-])c1. The van der Waals surface area contributed by atoms with Crippen LogP contribution in [-0.2, 0) is 22.2 Å². The zero-order chi connectivity index (χ0) is 16.6. The van der Waals surface area contributed by atoms with Crippen LogP contribution in [0, 0.1) is 10.1 Å². The molecule has 0 spiro atoms. The average Bonchev–Trinajstić information content (AvgIpc) is 2.83. The summed E-state index contributed by atoms with van der Waals surface area (Å²) < 4.78 is 27.1. The number of para-hydroxylation sites is 1. The second-order valence-corrected chi connectivity index (χ2v) is 7.51. The van der Waals surface area contributed by atoms with Crippen LogP contribution < -0.4 is 4.31 Å². The molecule has 0 saturated carbocycles. The van der Waals surface area contributed by atoms with Gasteiger partial charge < -0.3 is 0 Å². The van der Waals surface area contributed by atoms with E-state index in [0.717, 1.165) is 5.56 Å². The molecule has 23 heavy (non-hydrogen) atoms. The molecule has 1 aliphatic heterocycles. The predicted octanol–water partition coefficient (Wildman–Crippen LogP) is 2.88. The van der Waals surface area contributed by atoms with Crippen LogP contribution in [0.3, 0.4) is 0 Å². The normalized spacial score (nSPS) is 17.1. The first-order valence-corrected chi connectivity index (χ1v) is 8.83. The van der Waals surface area contributed by atoms with Crippen molar-refractivity contribution in [2.24, 2.45) is 0 Å². The van der Waals surface area contributed by atoms with E-state index in [1.54, 1.807) is 12.1 Å². The number of non-ortho nitro benzene ring substituents is 1. The van der Waals surface area contributed by atoms with E-state index in [4.69, 9.17) is 0 Å². The molecule has 2 aromatic rings. The van der Waals surface area contributed by atoms with E-state index in [9.17, 15) is 18.5 Å². The Morgan fingerprint density at radius 2 is 1.96 bits per heavy atom. The van der Waals surface area contributed by atoms with Crippen molar-refractivity contribution in [3.05, 3.63) is 69.8 Å². The lowest BCUT2D eigenvalue weighted by molar-refractivity contribution is -0.384. The zero-order valence-corrected chi connectivity index (χ0v) is 13.4. The highest BCUT2D eigenvalue weighted by molar-refractivity contribution is 7.92. The highest BCUT2D eigenvalue weighted by Gasteiger charge is 2.34. The van der Waals surface area contributed by atoms with Crippen LogP contribution in [0.15, 0.2) is 48.5 Å². The molecular weight excluding hydrogens is 316 g/mol. The minimum absolute atomic E-state index is 0.104. The molecule has 2 aromatic carbocycles. The predicted molar refractivity (Wildman–Crippen MR) is 87.8 cm³/mol. The Balaban J connectivity index is 1.94. The Morgan fingerprint density at radius 3 is 2.70 bits per heavy atom. The standard InChI is InChI=1S/C16H16N2O4S/c1-12-9-14-6-2-3-8-16(14)17(12)23(21,22)11-13-5-4-7-15(10-13)18(19)20/h2-8,10,12H,9,11H2,1H3/t12-/m1/s1. The minimum Gasteiger partial charge on any atom is -0.267 e. The van der Waals surface area contributed by atoms with Gasteiger partial charge >= 0.3 is 0 Å². The van der Waals surface area contributed by atoms with Crippen molar-refractivity contribution in [1.29, 1.82) is 0 Å². The van der Waals surface area contributed by atoms with Gasteiger partial charge in [-0.3, -0.25) is 14.4 Å². The van der Waals surface area contributed by atoms with Gasteiger partial charge in [-0.15, -0.1) is 0 Å². The van der Waals surface area contributed by atoms with Crippen molar-refractivity contribution >= 4 is 21.4 Å². The Morgan fingerprint density at radius 1 is 1.22 bits per heavy atom. The molecular formula is C16H16N2O4S. The maximum Gasteiger partial charge on any atom is 0.269 e. The number of rotatable bonds is 4. The largest absolute Gasteiger partial charge is 0.269 e. The van der Waals surface area contributed by atoms with Gasteiger partial charge in [-0.1, -0.05) is 30.3 Å². The molecule has 0 N–H and O–H groups in total. The van der Waals surface area contributed by atoms with E-state index in [0.29, 0.717) is 17.7 Å². The van der Waals surface area contributed by atoms with E-state index < -0.39 is 14.9 Å². The average molecular weight is 332 g/mol. The van der Waals surface area contributed by atoms with Crippen LogP contribution in [0.4, 0.5) is 11.4 Å². The van der Waals surface area contributed by atoms with Gasteiger partial charge in [-0.25, -0.2) is 8.42 Å². The van der Waals surface area contributed by atoms with E-state index in [1.165, 1.54) is 22.5 Å². The van der Waals surface area contributed by atoms with Crippen LogP contribution in [0.5, 0.6) is 0 Å². The van der Waals surface area contributed by atoms with Crippen LogP contribution in [-0.4, -0.2) is 19.4 Å². The summed E-state index contributed by atoms with van der Waals surface area (Å²) >= 11 is 0. The first kappa shape index (κ1) is 15.5. The Labute approximate surface area is 134 Å². The van der Waals surface area contributed by atoms with Gasteiger partial charge in [0.05, 0.1) is 16.4 Å². The van der Waals surface area contributed by atoms with Crippen molar-refractivity contribution in [3.63, 3.8) is 0 Å². The lowest BCUT2D eigenvalue weighted by Crippen LogP contribution is -2.36. The zero-order valence-electron chi connectivity index (χ0n) is 12.5. The number of nitrogens with zero attached hydrogens (tertiary/aromatic N) is 2. The van der Waals surface area contributed by atoms with Gasteiger partial charge in [0.25, 0.3) is 5.69 Å². The fourth-order valence-electron chi connectivity index (χ4n) is 3.00. The quantitative estimate of drug-likeness (QED) is 0.637. The molecule has 0 saturated heterocycles. The minimum atomic E-state index is -3.61. The number of benzene rings is 2. The van der Waals surface area contributed by atoms with E-state index >= 15 is 0 Å². The Bertz CT molecular complexity index is 864. The third-order valence-electron chi connectivity index (χ3n) is 3.91. The fraction of sp³-hybridized carbons (Fsp3) is 0.250. The molecule has 0 amide bonds. The van der Waals surface area contributed by atoms with E-state index in [1.807, 2.05) is 25.1 Å². The summed E-state index contributed by atoms with van der Waals surface area (Å²) in [5, 5.41) is 10.8. The second-order valence-electron chi connectivity index (χ2n) is 5.66. The fourth-order valence-corrected chi connectivity index (χ4v) is 4.84. The molecule has 0 radical (unpaired) electrons. The van der Waals surface area contributed by atoms with Crippen LogP contribution >= 0.6 is 0 Å². The molecule has 7 heteroatoms. The van der Waals surface area contributed by atoms with Crippen LogP contribution in [0.1, 0.15) is 18.1 Å². The molecule has 0 unspecified atom stereocenters. The molecule has 0 aliphatic carbocycles. The Hall–Kier alpha value is -2.41. The number of nitro groups is 1. The molecule has 6 nitrogen and oxygen atoms in total. The number of hydrogen-bond acceptors (Lipinski definition) is 4. The summed E-state index contributed by atoms with van der Waals surface area (Å²) in [4.78, 5) is 10.3. The summed E-state index contributed by atoms with van der Waals surface area (Å²) in [5.41, 5.74) is 2.01. The summed E-state index contributed by atoms with van der Waals surface area (Å²) in [7, 11) is -3.61. The summed E-state index contributed by atoms with van der Waals surface area (Å²) in [5.74, 6) is -0.257. The first-order valence-electron chi connectivity index (χ1n) is 7.22. The second kappa shape index (κ2) is 5.66. The molecule has 0 bridgehead atoms. The molecule has 3 rings (SSSR count). The van der Waals surface area contributed by atoms with Gasteiger partial charge in [0, 0.05) is 18.2 Å². The third kappa shape index (κ3) is 2.92. The number of nitro benzene ring substituents is 1. The molecule has 0 fully saturated rings. The van der Waals surface area contributed by atoms with Crippen molar-refractivity contribution in [2.45, 2.75) is 25.1 Å². The lowest BCUT2D eigenvalue weighted by atomic mass is 10.1. The molecule has 0 aromatic heterocycles. The molecule has 1 heterocycles. The van der Waals surface area contributed by atoms with Crippen molar-refractivity contribution in [3.8, 4) is 0 Å². The topological polar surface area (TPSA) is 80.5 Å². The van der Waals surface area contributed by atoms with Crippen LogP contribution in [0.25, 0.3) is 0 Å². The number of anilines is 1. The number of sulfonamides is 1. The van der Waals surface area contributed by atoms with Gasteiger partial charge in [-0.2, -0.15) is 0 Å². The number of fused-ring (bicyclic) bond motifs is 1. The summed E-state index contributed by atoms with van der Waals surface area (Å²) in [6.07, 6.45) is 0.671. The third-order valence-corrected chi connectivity index (χ3v) is 5.77. The first-order chi connectivity index (χ1) is 10.9. The smallest absolute Gasteiger partial charge is 0.267 e. The van der Waals surface area contributed by atoms with Crippen molar-refractivity contribution < 1.29 is 13.3 Å². The molecule has 1 aliphatic rings. The lowest BCUT2D eigenvalue weighted by Gasteiger charge is -2.24. The summed E-state index contributed by atoms with van der Waals surface area (Å²) in [6, 6.07) is 13.0. The monoisotopic (exact) mass is 332 g/mol.